The molecule has 0 aliphatic carbocycles. The van der Waals surface area contributed by atoms with Gasteiger partial charge in [-0.15, -0.1) is 0 Å². The van der Waals surface area contributed by atoms with Crippen LogP contribution in [0.4, 0.5) is 11.6 Å². The number of pyridine rings is 1. The number of rotatable bonds is 2. The second kappa shape index (κ2) is 5.14. The van der Waals surface area contributed by atoms with Crippen molar-refractivity contribution in [2.45, 2.75) is 26.7 Å². The van der Waals surface area contributed by atoms with E-state index in [1.54, 1.807) is 6.07 Å². The fraction of sp³-hybridized carbons (Fsp3) is 0.615. The van der Waals surface area contributed by atoms with Crippen molar-refractivity contribution in [3.05, 3.63) is 16.1 Å². The topological polar surface area (TPSA) is 28.2 Å². The Morgan fingerprint density at radius 3 is 2.39 bits per heavy atom. The van der Waals surface area contributed by atoms with E-state index in [1.807, 2.05) is 7.05 Å². The first-order valence-corrected chi connectivity index (χ1v) is 6.97. The predicted molar refractivity (Wildman–Crippen MR) is 79.0 cm³/mol. The maximum absolute atomic E-state index is 6.25. The van der Waals surface area contributed by atoms with Crippen molar-refractivity contribution in [2.75, 3.05) is 30.4 Å². The molecule has 0 aromatic carbocycles. The Balaban J connectivity index is 2.24. The van der Waals surface area contributed by atoms with Gasteiger partial charge < -0.3 is 10.2 Å². The first kappa shape index (κ1) is 13.8. The molecule has 100 valence electrons. The van der Waals surface area contributed by atoms with E-state index in [0.29, 0.717) is 21.3 Å². The third-order valence-corrected chi connectivity index (χ3v) is 4.13. The number of hydrogen-bond acceptors (Lipinski definition) is 3. The van der Waals surface area contributed by atoms with Gasteiger partial charge in [0.1, 0.15) is 11.6 Å². The average Bonchev–Trinajstić information content (AvgIpc) is 2.30. The highest BCUT2D eigenvalue weighted by Crippen LogP contribution is 2.36. The summed E-state index contributed by atoms with van der Waals surface area (Å²) in [6.07, 6.45) is 2.31. The van der Waals surface area contributed by atoms with Crippen molar-refractivity contribution in [3.8, 4) is 0 Å². The van der Waals surface area contributed by atoms with E-state index in [9.17, 15) is 0 Å². The van der Waals surface area contributed by atoms with E-state index in [-0.39, 0.29) is 0 Å². The molecule has 0 bridgehead atoms. The van der Waals surface area contributed by atoms with Crippen LogP contribution in [-0.4, -0.2) is 25.1 Å². The maximum atomic E-state index is 6.25. The Hall–Kier alpha value is -0.670. The molecule has 18 heavy (non-hydrogen) atoms. The second-order valence-corrected chi connectivity index (χ2v) is 6.34. The summed E-state index contributed by atoms with van der Waals surface area (Å²) >= 11 is 12.3. The molecule has 1 aliphatic heterocycles. The molecule has 5 heteroatoms. The maximum Gasteiger partial charge on any atom is 0.149 e. The molecule has 0 spiro atoms. The van der Waals surface area contributed by atoms with Crippen LogP contribution in [0, 0.1) is 5.41 Å². The van der Waals surface area contributed by atoms with E-state index >= 15 is 0 Å². The van der Waals surface area contributed by atoms with Gasteiger partial charge in [0.15, 0.2) is 0 Å². The Morgan fingerprint density at radius 2 is 1.83 bits per heavy atom. The van der Waals surface area contributed by atoms with E-state index in [4.69, 9.17) is 23.2 Å². The molecule has 3 nitrogen and oxygen atoms in total. The smallest absolute Gasteiger partial charge is 0.149 e. The second-order valence-electron chi connectivity index (χ2n) is 5.53. The van der Waals surface area contributed by atoms with Crippen molar-refractivity contribution in [3.63, 3.8) is 0 Å². The largest absolute Gasteiger partial charge is 0.372 e. The Bertz CT molecular complexity index is 436. The summed E-state index contributed by atoms with van der Waals surface area (Å²) < 4.78 is 0. The minimum atomic E-state index is 0.418. The first-order chi connectivity index (χ1) is 8.43. The molecule has 0 atom stereocenters. The summed E-state index contributed by atoms with van der Waals surface area (Å²) in [5, 5.41) is 4.17. The van der Waals surface area contributed by atoms with E-state index < -0.39 is 0 Å². The third kappa shape index (κ3) is 2.83. The lowest BCUT2D eigenvalue weighted by Crippen LogP contribution is -2.38. The summed E-state index contributed by atoms with van der Waals surface area (Å²) in [5.41, 5.74) is 0.418. The predicted octanol–water partition coefficient (Wildman–Crippen LogP) is 4.06. The zero-order valence-corrected chi connectivity index (χ0v) is 12.6. The monoisotopic (exact) mass is 287 g/mol. The molecule has 0 saturated carbocycles. The quantitative estimate of drug-likeness (QED) is 0.889. The molecule has 1 fully saturated rings. The minimum absolute atomic E-state index is 0.418. The molecular formula is C13H19Cl2N3. The van der Waals surface area contributed by atoms with Gasteiger partial charge in [0.05, 0.1) is 10.0 Å². The normalized spacial score (nSPS) is 18.8. The van der Waals surface area contributed by atoms with E-state index in [1.165, 1.54) is 0 Å². The van der Waals surface area contributed by atoms with Gasteiger partial charge in [-0.2, -0.15) is 0 Å². The van der Waals surface area contributed by atoms with Crippen LogP contribution in [0.3, 0.4) is 0 Å². The SMILES string of the molecule is CNc1nc(N2CCC(C)(C)CC2)c(Cl)cc1Cl. The van der Waals surface area contributed by atoms with Crippen LogP contribution in [0.15, 0.2) is 6.07 Å². The highest BCUT2D eigenvalue weighted by atomic mass is 35.5. The van der Waals surface area contributed by atoms with Crippen LogP contribution in [0.25, 0.3) is 0 Å². The number of hydrogen-bond donors (Lipinski definition) is 1. The van der Waals surface area contributed by atoms with Crippen molar-refractivity contribution in [1.82, 2.24) is 4.98 Å². The van der Waals surface area contributed by atoms with Crippen molar-refractivity contribution in [1.29, 1.82) is 0 Å². The van der Waals surface area contributed by atoms with Gasteiger partial charge in [0, 0.05) is 20.1 Å². The van der Waals surface area contributed by atoms with Crippen LogP contribution < -0.4 is 10.2 Å². The number of aromatic nitrogens is 1. The van der Waals surface area contributed by atoms with Crippen LogP contribution in [0.1, 0.15) is 26.7 Å². The lowest BCUT2D eigenvalue weighted by molar-refractivity contribution is 0.279. The minimum Gasteiger partial charge on any atom is -0.372 e. The van der Waals surface area contributed by atoms with Gasteiger partial charge in [-0.3, -0.25) is 0 Å². The Kier molecular flexibility index (Phi) is 3.93. The van der Waals surface area contributed by atoms with Gasteiger partial charge in [0.25, 0.3) is 0 Å². The van der Waals surface area contributed by atoms with E-state index in [0.717, 1.165) is 31.7 Å². The molecular weight excluding hydrogens is 269 g/mol. The molecule has 0 unspecified atom stereocenters. The fourth-order valence-corrected chi connectivity index (χ4v) is 2.75. The number of anilines is 2. The first-order valence-electron chi connectivity index (χ1n) is 6.22. The van der Waals surface area contributed by atoms with E-state index in [2.05, 4.69) is 29.0 Å². The molecule has 2 rings (SSSR count). The third-order valence-electron chi connectivity index (χ3n) is 3.56. The van der Waals surface area contributed by atoms with Crippen LogP contribution >= 0.6 is 23.2 Å². The van der Waals surface area contributed by atoms with Gasteiger partial charge in [-0.1, -0.05) is 37.0 Å². The standard InChI is InChI=1S/C13H19Cl2N3/c1-13(2)4-6-18(7-5-13)12-10(15)8-9(14)11(16-3)17-12/h8H,4-7H2,1-3H3,(H,16,17). The van der Waals surface area contributed by atoms with Crippen molar-refractivity contribution < 1.29 is 0 Å². The van der Waals surface area contributed by atoms with Crippen LogP contribution in [0.2, 0.25) is 10.0 Å². The number of nitrogens with one attached hydrogen (secondary N) is 1. The highest BCUT2D eigenvalue weighted by molar-refractivity contribution is 6.37. The average molecular weight is 288 g/mol. The van der Waals surface area contributed by atoms with Crippen LogP contribution in [-0.2, 0) is 0 Å². The summed E-state index contributed by atoms with van der Waals surface area (Å²) in [6.45, 7) is 6.59. The molecule has 1 aromatic heterocycles. The summed E-state index contributed by atoms with van der Waals surface area (Å²) in [5.74, 6) is 1.52. The van der Waals surface area contributed by atoms with Gasteiger partial charge in [-0.05, 0) is 24.3 Å². The number of piperidine rings is 1. The highest BCUT2D eigenvalue weighted by Gasteiger charge is 2.27. The van der Waals surface area contributed by atoms with Crippen LogP contribution in [0.5, 0.6) is 0 Å². The lowest BCUT2D eigenvalue weighted by atomic mass is 9.83. The molecule has 1 aliphatic rings. The summed E-state index contributed by atoms with van der Waals surface area (Å²) in [4.78, 5) is 6.75. The number of halogens is 2. The molecule has 0 radical (unpaired) electrons. The van der Waals surface area contributed by atoms with Gasteiger partial charge >= 0.3 is 0 Å². The lowest BCUT2D eigenvalue weighted by Gasteiger charge is -2.38. The van der Waals surface area contributed by atoms with Gasteiger partial charge in [-0.25, -0.2) is 4.98 Å². The zero-order valence-electron chi connectivity index (χ0n) is 11.1. The molecule has 1 aromatic rings. The molecule has 1 saturated heterocycles. The molecule has 0 amide bonds. The number of nitrogens with zero attached hydrogens (tertiary/aromatic N) is 2. The zero-order chi connectivity index (χ0) is 13.3. The van der Waals surface area contributed by atoms with Crippen molar-refractivity contribution >= 4 is 34.8 Å². The Labute approximate surface area is 118 Å². The van der Waals surface area contributed by atoms with Crippen molar-refractivity contribution in [2.24, 2.45) is 5.41 Å². The van der Waals surface area contributed by atoms with Gasteiger partial charge in [0.2, 0.25) is 0 Å². The Morgan fingerprint density at radius 1 is 1.22 bits per heavy atom. The summed E-state index contributed by atoms with van der Waals surface area (Å²) in [7, 11) is 1.81. The fourth-order valence-electron chi connectivity index (χ4n) is 2.18. The molecule has 2 heterocycles. The molecule has 1 N–H and O–H groups in total. The summed E-state index contributed by atoms with van der Waals surface area (Å²) in [6, 6.07) is 1.76.